The van der Waals surface area contributed by atoms with Crippen LogP contribution in [0.15, 0.2) is 30.3 Å². The third kappa shape index (κ3) is 3.68. The fraction of sp³-hybridized carbons (Fsp3) is 0.318. The first-order valence-corrected chi connectivity index (χ1v) is 10.3. The Hall–Kier alpha value is -2.64. The van der Waals surface area contributed by atoms with Gasteiger partial charge in [-0.3, -0.25) is 4.79 Å². The number of amides is 1. The molecule has 3 aromatic rings. The van der Waals surface area contributed by atoms with Crippen LogP contribution < -0.4 is 14.8 Å². The number of hydrogen-bond acceptors (Lipinski definition) is 5. The second-order valence-electron chi connectivity index (χ2n) is 6.93. The van der Waals surface area contributed by atoms with Crippen molar-refractivity contribution in [3.63, 3.8) is 0 Å². The Morgan fingerprint density at radius 2 is 2.21 bits per heavy atom. The number of methoxy groups -OCH3 is 1. The molecule has 0 spiro atoms. The normalized spacial score (nSPS) is 15.2. The van der Waals surface area contributed by atoms with Crippen molar-refractivity contribution >= 4 is 33.0 Å². The van der Waals surface area contributed by atoms with Crippen LogP contribution >= 0.6 is 11.3 Å². The lowest BCUT2D eigenvalue weighted by Gasteiger charge is -2.14. The summed E-state index contributed by atoms with van der Waals surface area (Å²) in [6, 6.07) is 8.54. The van der Waals surface area contributed by atoms with Gasteiger partial charge in [-0.25, -0.2) is 4.39 Å². The molecule has 2 heterocycles. The van der Waals surface area contributed by atoms with E-state index in [1.807, 2.05) is 19.9 Å². The molecule has 5 nitrogen and oxygen atoms in total. The smallest absolute Gasteiger partial charge is 0.266 e. The predicted molar refractivity (Wildman–Crippen MR) is 112 cm³/mol. The summed E-state index contributed by atoms with van der Waals surface area (Å²) in [5, 5.41) is 3.36. The number of rotatable bonds is 6. The molecule has 1 amide bonds. The van der Waals surface area contributed by atoms with E-state index in [1.165, 1.54) is 24.5 Å². The minimum Gasteiger partial charge on any atom is -0.492 e. The van der Waals surface area contributed by atoms with Crippen molar-refractivity contribution in [1.29, 1.82) is 0 Å². The van der Waals surface area contributed by atoms with E-state index in [0.717, 1.165) is 17.7 Å². The molecule has 29 heavy (non-hydrogen) atoms. The predicted octanol–water partition coefficient (Wildman–Crippen LogP) is 5.16. The van der Waals surface area contributed by atoms with E-state index in [1.54, 1.807) is 18.2 Å². The first kappa shape index (κ1) is 19.7. The van der Waals surface area contributed by atoms with Gasteiger partial charge in [0, 0.05) is 40.8 Å². The van der Waals surface area contributed by atoms with Crippen LogP contribution in [-0.4, -0.2) is 25.7 Å². The van der Waals surface area contributed by atoms with Crippen LogP contribution in [0.4, 0.5) is 10.1 Å². The molecule has 1 aliphatic heterocycles. The topological polar surface area (TPSA) is 56.8 Å². The zero-order valence-electron chi connectivity index (χ0n) is 16.5. The van der Waals surface area contributed by atoms with Gasteiger partial charge < -0.3 is 19.5 Å². The number of carbonyl (C=O) groups is 1. The molecule has 1 N–H and O–H groups in total. The van der Waals surface area contributed by atoms with Gasteiger partial charge in [0.1, 0.15) is 23.4 Å². The summed E-state index contributed by atoms with van der Waals surface area (Å²) in [4.78, 5) is 13.6. The third-order valence-electron chi connectivity index (χ3n) is 4.80. The van der Waals surface area contributed by atoms with Gasteiger partial charge in [0.05, 0.1) is 23.8 Å². The lowest BCUT2D eigenvalue weighted by molar-refractivity contribution is 0.102. The summed E-state index contributed by atoms with van der Waals surface area (Å²) in [6.07, 6.45) is 0.890. The zero-order chi connectivity index (χ0) is 20.5. The molecule has 2 aromatic carbocycles. The molecule has 0 saturated carbocycles. The number of benzene rings is 2. The second kappa shape index (κ2) is 8.00. The number of ether oxygens (including phenoxy) is 3. The maximum absolute atomic E-state index is 14.4. The van der Waals surface area contributed by atoms with Gasteiger partial charge in [-0.2, -0.15) is 0 Å². The molecular formula is C22H22FNO4S. The highest BCUT2D eigenvalue weighted by molar-refractivity contribution is 7.21. The fourth-order valence-corrected chi connectivity index (χ4v) is 4.74. The van der Waals surface area contributed by atoms with Crippen LogP contribution in [0.2, 0.25) is 0 Å². The van der Waals surface area contributed by atoms with E-state index < -0.39 is 0 Å². The van der Waals surface area contributed by atoms with Gasteiger partial charge in [0.2, 0.25) is 0 Å². The van der Waals surface area contributed by atoms with Crippen molar-refractivity contribution in [3.8, 4) is 11.5 Å². The number of anilines is 1. The number of carbonyl (C=O) groups excluding carboxylic acids is 1. The Bertz CT molecular complexity index is 1080. The van der Waals surface area contributed by atoms with Gasteiger partial charge >= 0.3 is 0 Å². The van der Waals surface area contributed by atoms with E-state index in [9.17, 15) is 9.18 Å². The molecule has 0 radical (unpaired) electrons. The lowest BCUT2D eigenvalue weighted by Crippen LogP contribution is -2.14. The Morgan fingerprint density at radius 3 is 2.97 bits per heavy atom. The molecule has 1 unspecified atom stereocenters. The average molecular weight is 415 g/mol. The minimum atomic E-state index is -0.361. The summed E-state index contributed by atoms with van der Waals surface area (Å²) >= 11 is 1.25. The lowest BCUT2D eigenvalue weighted by atomic mass is 10.1. The monoisotopic (exact) mass is 415 g/mol. The van der Waals surface area contributed by atoms with Gasteiger partial charge in [-0.1, -0.05) is 6.07 Å². The van der Waals surface area contributed by atoms with Gasteiger partial charge in [0.25, 0.3) is 5.91 Å². The van der Waals surface area contributed by atoms with E-state index in [0.29, 0.717) is 38.6 Å². The van der Waals surface area contributed by atoms with E-state index >= 15 is 0 Å². The maximum Gasteiger partial charge on any atom is 0.266 e. The minimum absolute atomic E-state index is 0.0873. The number of halogens is 1. The Morgan fingerprint density at radius 1 is 1.38 bits per heavy atom. The zero-order valence-corrected chi connectivity index (χ0v) is 17.3. The Labute approximate surface area is 172 Å². The highest BCUT2D eigenvalue weighted by Gasteiger charge is 2.25. The standard InChI is InChI=1S/C22H22FNO4S/c1-4-27-18-9-13-8-12(2)28-17(13)10-16(18)24-22(25)21-14(11-26-3)20-15(23)6-5-7-19(20)29-21/h5-7,9-10,12H,4,8,11H2,1-3H3,(H,24,25). The van der Waals surface area contributed by atoms with E-state index in [4.69, 9.17) is 14.2 Å². The molecule has 1 atom stereocenters. The first-order valence-electron chi connectivity index (χ1n) is 9.48. The van der Waals surface area contributed by atoms with Crippen molar-refractivity contribution in [2.24, 2.45) is 0 Å². The first-order chi connectivity index (χ1) is 14.0. The van der Waals surface area contributed by atoms with Gasteiger partial charge in [-0.05, 0) is 32.0 Å². The SMILES string of the molecule is CCOc1cc2c(cc1NC(=O)c1sc3cccc(F)c3c1COC)OC(C)C2. The molecule has 4 rings (SSSR count). The molecule has 7 heteroatoms. The van der Waals surface area contributed by atoms with Crippen molar-refractivity contribution in [2.75, 3.05) is 19.0 Å². The molecular weight excluding hydrogens is 393 g/mol. The van der Waals surface area contributed by atoms with Crippen molar-refractivity contribution < 1.29 is 23.4 Å². The molecule has 0 bridgehead atoms. The van der Waals surface area contributed by atoms with Crippen molar-refractivity contribution in [1.82, 2.24) is 0 Å². The summed E-state index contributed by atoms with van der Waals surface area (Å²) in [6.45, 7) is 4.51. The quantitative estimate of drug-likeness (QED) is 0.604. The summed E-state index contributed by atoms with van der Waals surface area (Å²) < 4.78 is 31.9. The molecule has 152 valence electrons. The van der Waals surface area contributed by atoms with Crippen LogP contribution in [0.5, 0.6) is 11.5 Å². The molecule has 1 aromatic heterocycles. The number of fused-ring (bicyclic) bond motifs is 2. The van der Waals surface area contributed by atoms with Gasteiger partial charge in [-0.15, -0.1) is 11.3 Å². The maximum atomic E-state index is 14.4. The average Bonchev–Trinajstić information content (AvgIpc) is 3.23. The summed E-state index contributed by atoms with van der Waals surface area (Å²) in [7, 11) is 1.53. The highest BCUT2D eigenvalue weighted by atomic mass is 32.1. The second-order valence-corrected chi connectivity index (χ2v) is 7.98. The summed E-state index contributed by atoms with van der Waals surface area (Å²) in [5.41, 5.74) is 2.14. The molecule has 0 saturated heterocycles. The van der Waals surface area contributed by atoms with Gasteiger partial charge in [0.15, 0.2) is 0 Å². The van der Waals surface area contributed by atoms with E-state index in [2.05, 4.69) is 5.32 Å². The van der Waals surface area contributed by atoms with Crippen LogP contribution in [0.1, 0.15) is 34.6 Å². The molecule has 1 aliphatic rings. The summed E-state index contributed by atoms with van der Waals surface area (Å²) in [5.74, 6) is 0.651. The van der Waals surface area contributed by atoms with Crippen molar-refractivity contribution in [3.05, 3.63) is 52.2 Å². The van der Waals surface area contributed by atoms with Crippen LogP contribution in [0.25, 0.3) is 10.1 Å². The number of thiophene rings is 1. The number of nitrogens with one attached hydrogen (secondary N) is 1. The fourth-order valence-electron chi connectivity index (χ4n) is 3.62. The molecule has 0 aliphatic carbocycles. The van der Waals surface area contributed by atoms with Crippen LogP contribution in [0.3, 0.4) is 0 Å². The van der Waals surface area contributed by atoms with Crippen molar-refractivity contribution in [2.45, 2.75) is 33.0 Å². The molecule has 0 fully saturated rings. The number of hydrogen-bond donors (Lipinski definition) is 1. The Kier molecular flexibility index (Phi) is 5.43. The highest BCUT2D eigenvalue weighted by Crippen LogP contribution is 2.39. The third-order valence-corrected chi connectivity index (χ3v) is 6.00. The van der Waals surface area contributed by atoms with Crippen LogP contribution in [0, 0.1) is 5.82 Å². The van der Waals surface area contributed by atoms with Crippen LogP contribution in [-0.2, 0) is 17.8 Å². The Balaban J connectivity index is 1.73. The van der Waals surface area contributed by atoms with E-state index in [-0.39, 0.29) is 24.4 Å². The largest absolute Gasteiger partial charge is 0.492 e.